The third-order valence-corrected chi connectivity index (χ3v) is 1.78. The molecule has 0 spiro atoms. The molecular formula is C8H16O. The molecule has 0 amide bonds. The fourth-order valence-electron chi connectivity index (χ4n) is 1.03. The maximum Gasteiger partial charge on any atom is 0.0810 e. The van der Waals surface area contributed by atoms with E-state index in [1.165, 1.54) is 32.1 Å². The molecular weight excluding hydrogens is 112 g/mol. The first-order chi connectivity index (χ1) is 4.43. The summed E-state index contributed by atoms with van der Waals surface area (Å²) in [6.07, 6.45) is 7.47. The average Bonchev–Trinajstić information content (AvgIpc) is 2.63. The van der Waals surface area contributed by atoms with Crippen molar-refractivity contribution in [1.82, 2.24) is 0 Å². The Hall–Kier alpha value is -0.0400. The van der Waals surface area contributed by atoms with E-state index < -0.39 is 0 Å². The second-order valence-electron chi connectivity index (χ2n) is 2.80. The van der Waals surface area contributed by atoms with Crippen LogP contribution < -0.4 is 0 Å². The van der Waals surface area contributed by atoms with E-state index in [-0.39, 0.29) is 0 Å². The zero-order chi connectivity index (χ0) is 6.53. The highest BCUT2D eigenvalue weighted by atomic mass is 16.6. The number of hydrogen-bond acceptors (Lipinski definition) is 1. The van der Waals surface area contributed by atoms with Gasteiger partial charge in [0.25, 0.3) is 0 Å². The van der Waals surface area contributed by atoms with Crippen LogP contribution in [0.5, 0.6) is 0 Å². The SMILES string of the molecule is CCCCCC[C@H]1CO1. The van der Waals surface area contributed by atoms with Gasteiger partial charge in [-0.1, -0.05) is 32.6 Å². The van der Waals surface area contributed by atoms with Crippen molar-refractivity contribution in [3.63, 3.8) is 0 Å². The van der Waals surface area contributed by atoms with Gasteiger partial charge in [0, 0.05) is 0 Å². The van der Waals surface area contributed by atoms with E-state index >= 15 is 0 Å². The monoisotopic (exact) mass is 128 g/mol. The van der Waals surface area contributed by atoms with Gasteiger partial charge in [-0.25, -0.2) is 0 Å². The summed E-state index contributed by atoms with van der Waals surface area (Å²) in [6.45, 7) is 3.28. The van der Waals surface area contributed by atoms with E-state index in [0.29, 0.717) is 6.10 Å². The van der Waals surface area contributed by atoms with Gasteiger partial charge in [-0.15, -0.1) is 0 Å². The lowest BCUT2D eigenvalue weighted by Gasteiger charge is -1.93. The van der Waals surface area contributed by atoms with Gasteiger partial charge in [-0.3, -0.25) is 0 Å². The van der Waals surface area contributed by atoms with Gasteiger partial charge >= 0.3 is 0 Å². The Morgan fingerprint density at radius 1 is 1.33 bits per heavy atom. The minimum atomic E-state index is 0.654. The number of rotatable bonds is 5. The summed E-state index contributed by atoms with van der Waals surface area (Å²) in [4.78, 5) is 0. The van der Waals surface area contributed by atoms with E-state index in [1.807, 2.05) is 0 Å². The lowest BCUT2D eigenvalue weighted by molar-refractivity contribution is 0.388. The molecule has 9 heavy (non-hydrogen) atoms. The zero-order valence-corrected chi connectivity index (χ0v) is 6.23. The number of ether oxygens (including phenoxy) is 1. The predicted octanol–water partition coefficient (Wildman–Crippen LogP) is 2.36. The lowest BCUT2D eigenvalue weighted by atomic mass is 10.1. The normalized spacial score (nSPS) is 24.3. The van der Waals surface area contributed by atoms with Gasteiger partial charge < -0.3 is 4.74 Å². The second kappa shape index (κ2) is 3.89. The molecule has 0 aromatic heterocycles. The first-order valence-corrected chi connectivity index (χ1v) is 4.05. The molecule has 1 heteroatoms. The van der Waals surface area contributed by atoms with Gasteiger partial charge in [0.05, 0.1) is 12.7 Å². The highest BCUT2D eigenvalue weighted by Gasteiger charge is 2.20. The van der Waals surface area contributed by atoms with E-state index in [0.717, 1.165) is 6.61 Å². The largest absolute Gasteiger partial charge is 0.373 e. The van der Waals surface area contributed by atoms with Crippen LogP contribution in [0, 0.1) is 0 Å². The van der Waals surface area contributed by atoms with Gasteiger partial charge in [0.2, 0.25) is 0 Å². The van der Waals surface area contributed by atoms with E-state index in [2.05, 4.69) is 6.92 Å². The molecule has 0 saturated carbocycles. The predicted molar refractivity (Wildman–Crippen MR) is 38.5 cm³/mol. The van der Waals surface area contributed by atoms with E-state index in [9.17, 15) is 0 Å². The smallest absolute Gasteiger partial charge is 0.0810 e. The molecule has 0 aromatic carbocycles. The molecule has 1 atom stereocenters. The maximum absolute atomic E-state index is 5.09. The van der Waals surface area contributed by atoms with Crippen molar-refractivity contribution in [1.29, 1.82) is 0 Å². The Morgan fingerprint density at radius 3 is 2.67 bits per heavy atom. The summed E-state index contributed by atoms with van der Waals surface area (Å²) < 4.78 is 5.09. The summed E-state index contributed by atoms with van der Waals surface area (Å²) in [7, 11) is 0. The third kappa shape index (κ3) is 3.52. The van der Waals surface area contributed by atoms with Crippen LogP contribution in [0.4, 0.5) is 0 Å². The van der Waals surface area contributed by atoms with Crippen LogP contribution in [0.2, 0.25) is 0 Å². The number of unbranched alkanes of at least 4 members (excludes halogenated alkanes) is 3. The van der Waals surface area contributed by atoms with Crippen LogP contribution in [-0.4, -0.2) is 12.7 Å². The third-order valence-electron chi connectivity index (χ3n) is 1.78. The van der Waals surface area contributed by atoms with Crippen LogP contribution in [0.25, 0.3) is 0 Å². The van der Waals surface area contributed by atoms with Crippen LogP contribution >= 0.6 is 0 Å². The summed E-state index contributed by atoms with van der Waals surface area (Å²) in [5.41, 5.74) is 0. The fraction of sp³-hybridized carbons (Fsp3) is 1.00. The molecule has 1 fully saturated rings. The molecule has 1 aliphatic heterocycles. The molecule has 1 nitrogen and oxygen atoms in total. The zero-order valence-electron chi connectivity index (χ0n) is 6.23. The Balaban J connectivity index is 1.71. The molecule has 1 aliphatic rings. The van der Waals surface area contributed by atoms with E-state index in [4.69, 9.17) is 4.74 Å². The van der Waals surface area contributed by atoms with Gasteiger partial charge in [0.15, 0.2) is 0 Å². The van der Waals surface area contributed by atoms with Gasteiger partial charge in [-0.2, -0.15) is 0 Å². The van der Waals surface area contributed by atoms with Crippen LogP contribution in [-0.2, 0) is 4.74 Å². The first-order valence-electron chi connectivity index (χ1n) is 4.05. The van der Waals surface area contributed by atoms with Gasteiger partial charge in [-0.05, 0) is 6.42 Å². The lowest BCUT2D eigenvalue weighted by Crippen LogP contribution is -1.84. The highest BCUT2D eigenvalue weighted by molar-refractivity contribution is 4.67. The summed E-state index contributed by atoms with van der Waals surface area (Å²) in [6, 6.07) is 0. The maximum atomic E-state index is 5.09. The van der Waals surface area contributed by atoms with Crippen molar-refractivity contribution in [2.75, 3.05) is 6.61 Å². The van der Waals surface area contributed by atoms with E-state index in [1.54, 1.807) is 0 Å². The van der Waals surface area contributed by atoms with Crippen molar-refractivity contribution in [2.45, 2.75) is 45.1 Å². The summed E-state index contributed by atoms with van der Waals surface area (Å²) >= 11 is 0. The molecule has 1 saturated heterocycles. The molecule has 0 bridgehead atoms. The Bertz CT molecular complexity index is 67.0. The van der Waals surface area contributed by atoms with Gasteiger partial charge in [0.1, 0.15) is 0 Å². The highest BCUT2D eigenvalue weighted by Crippen LogP contribution is 2.17. The average molecular weight is 128 g/mol. The van der Waals surface area contributed by atoms with Crippen molar-refractivity contribution >= 4 is 0 Å². The molecule has 0 aromatic rings. The van der Waals surface area contributed by atoms with Crippen LogP contribution in [0.3, 0.4) is 0 Å². The van der Waals surface area contributed by atoms with Crippen LogP contribution in [0.1, 0.15) is 39.0 Å². The Labute approximate surface area is 57.4 Å². The fourth-order valence-corrected chi connectivity index (χ4v) is 1.03. The minimum Gasteiger partial charge on any atom is -0.373 e. The number of hydrogen-bond donors (Lipinski definition) is 0. The van der Waals surface area contributed by atoms with Crippen LogP contribution in [0.15, 0.2) is 0 Å². The molecule has 1 heterocycles. The standard InChI is InChI=1S/C8H16O/c1-2-3-4-5-6-8-7-9-8/h8H,2-7H2,1H3/t8-/m0/s1. The topological polar surface area (TPSA) is 12.5 Å². The molecule has 0 unspecified atom stereocenters. The Morgan fingerprint density at radius 2 is 2.11 bits per heavy atom. The van der Waals surface area contributed by atoms with Crippen molar-refractivity contribution < 1.29 is 4.74 Å². The molecule has 0 radical (unpaired) electrons. The summed E-state index contributed by atoms with van der Waals surface area (Å²) in [5.74, 6) is 0. The van der Waals surface area contributed by atoms with Crippen molar-refractivity contribution in [3.8, 4) is 0 Å². The summed E-state index contributed by atoms with van der Waals surface area (Å²) in [5, 5.41) is 0. The molecule has 0 aliphatic carbocycles. The second-order valence-corrected chi connectivity index (χ2v) is 2.80. The minimum absolute atomic E-state index is 0.654. The molecule has 0 N–H and O–H groups in total. The number of epoxide rings is 1. The van der Waals surface area contributed by atoms with Crippen molar-refractivity contribution in [3.05, 3.63) is 0 Å². The van der Waals surface area contributed by atoms with Crippen molar-refractivity contribution in [2.24, 2.45) is 0 Å². The Kier molecular flexibility index (Phi) is 3.05. The first kappa shape index (κ1) is 7.07. The molecule has 54 valence electrons. The quantitative estimate of drug-likeness (QED) is 0.409. The molecule has 1 rings (SSSR count).